The third-order valence-corrected chi connectivity index (χ3v) is 3.30. The number of aryl methyl sites for hydroxylation is 1. The molecule has 1 heterocycles. The lowest BCUT2D eigenvalue weighted by atomic mass is 10.1. The molecule has 0 spiro atoms. The Bertz CT molecular complexity index is 570. The zero-order valence-electron chi connectivity index (χ0n) is 9.97. The molecule has 2 rings (SSSR count). The van der Waals surface area contributed by atoms with Crippen molar-refractivity contribution in [1.29, 1.82) is 5.26 Å². The van der Waals surface area contributed by atoms with Crippen molar-refractivity contribution in [3.05, 3.63) is 46.7 Å². The van der Waals surface area contributed by atoms with E-state index in [2.05, 4.69) is 32.4 Å². The highest BCUT2D eigenvalue weighted by Crippen LogP contribution is 2.25. The first-order chi connectivity index (χ1) is 8.74. The summed E-state index contributed by atoms with van der Waals surface area (Å²) in [6.07, 6.45) is 3.61. The molecule has 0 aliphatic carbocycles. The largest absolute Gasteiger partial charge is 0.365 e. The molecular formula is C13H13BrN4. The highest BCUT2D eigenvalue weighted by Gasteiger charge is 2.13. The van der Waals surface area contributed by atoms with Crippen LogP contribution >= 0.6 is 15.9 Å². The molecule has 0 aliphatic rings. The lowest BCUT2D eigenvalue weighted by Crippen LogP contribution is -2.08. The fraction of sp³-hybridized carbons (Fsp3) is 0.231. The van der Waals surface area contributed by atoms with E-state index in [0.29, 0.717) is 0 Å². The van der Waals surface area contributed by atoms with E-state index >= 15 is 0 Å². The van der Waals surface area contributed by atoms with Gasteiger partial charge in [-0.1, -0.05) is 12.1 Å². The minimum Gasteiger partial charge on any atom is -0.365 e. The molecule has 92 valence electrons. The van der Waals surface area contributed by atoms with Crippen LogP contribution in [0, 0.1) is 11.3 Å². The van der Waals surface area contributed by atoms with Crippen LogP contribution in [0.15, 0.2) is 41.1 Å². The van der Waals surface area contributed by atoms with Gasteiger partial charge in [-0.15, -0.1) is 0 Å². The number of hydrogen-bond acceptors (Lipinski definition) is 3. The molecule has 18 heavy (non-hydrogen) atoms. The molecule has 0 saturated heterocycles. The highest BCUT2D eigenvalue weighted by atomic mass is 79.9. The SMILES string of the molecule is CCn1cc(C(C#N)Nc2ccccc2Br)cn1. The molecule has 2 aromatic rings. The van der Waals surface area contributed by atoms with Gasteiger partial charge in [-0.3, -0.25) is 4.68 Å². The number of aromatic nitrogens is 2. The van der Waals surface area contributed by atoms with Crippen LogP contribution in [0.3, 0.4) is 0 Å². The Morgan fingerprint density at radius 1 is 1.50 bits per heavy atom. The second-order valence-electron chi connectivity index (χ2n) is 3.82. The summed E-state index contributed by atoms with van der Waals surface area (Å²) in [5, 5.41) is 16.6. The number of halogens is 1. The lowest BCUT2D eigenvalue weighted by Gasteiger charge is -2.12. The van der Waals surface area contributed by atoms with Gasteiger partial charge in [0.05, 0.1) is 12.3 Å². The lowest BCUT2D eigenvalue weighted by molar-refractivity contribution is 0.659. The van der Waals surface area contributed by atoms with Gasteiger partial charge in [0.1, 0.15) is 6.04 Å². The van der Waals surface area contributed by atoms with E-state index in [1.54, 1.807) is 10.9 Å². The smallest absolute Gasteiger partial charge is 0.143 e. The first-order valence-electron chi connectivity index (χ1n) is 5.67. The van der Waals surface area contributed by atoms with Crippen molar-refractivity contribution in [1.82, 2.24) is 9.78 Å². The van der Waals surface area contributed by atoms with Gasteiger partial charge >= 0.3 is 0 Å². The third-order valence-electron chi connectivity index (χ3n) is 2.61. The second kappa shape index (κ2) is 5.69. The van der Waals surface area contributed by atoms with Crippen LogP contribution in [0.1, 0.15) is 18.5 Å². The van der Waals surface area contributed by atoms with Crippen LogP contribution in [0.5, 0.6) is 0 Å². The molecule has 0 bridgehead atoms. The molecule has 1 aromatic heterocycles. The maximum atomic E-state index is 9.25. The van der Waals surface area contributed by atoms with Crippen molar-refractivity contribution >= 4 is 21.6 Å². The van der Waals surface area contributed by atoms with E-state index in [4.69, 9.17) is 0 Å². The summed E-state index contributed by atoms with van der Waals surface area (Å²) < 4.78 is 2.75. The third kappa shape index (κ3) is 2.71. The molecular weight excluding hydrogens is 292 g/mol. The molecule has 1 aromatic carbocycles. The minimum absolute atomic E-state index is 0.399. The van der Waals surface area contributed by atoms with Crippen molar-refractivity contribution in [2.45, 2.75) is 19.5 Å². The molecule has 0 radical (unpaired) electrons. The Morgan fingerprint density at radius 3 is 2.89 bits per heavy atom. The first kappa shape index (κ1) is 12.7. The van der Waals surface area contributed by atoms with Gasteiger partial charge in [0.25, 0.3) is 0 Å². The number of nitriles is 1. The van der Waals surface area contributed by atoms with Gasteiger partial charge in [0.2, 0.25) is 0 Å². The average Bonchev–Trinajstić information content (AvgIpc) is 2.86. The van der Waals surface area contributed by atoms with Gasteiger partial charge in [-0.2, -0.15) is 10.4 Å². The Balaban J connectivity index is 2.20. The second-order valence-corrected chi connectivity index (χ2v) is 4.67. The Hall–Kier alpha value is -1.80. The minimum atomic E-state index is -0.399. The first-order valence-corrected chi connectivity index (χ1v) is 6.47. The van der Waals surface area contributed by atoms with Gasteiger partial charge in [0, 0.05) is 28.5 Å². The molecule has 0 fully saturated rings. The van der Waals surface area contributed by atoms with Gasteiger partial charge < -0.3 is 5.32 Å². The summed E-state index contributed by atoms with van der Waals surface area (Å²) in [5.74, 6) is 0. The van der Waals surface area contributed by atoms with Crippen molar-refractivity contribution in [3.63, 3.8) is 0 Å². The number of hydrogen-bond donors (Lipinski definition) is 1. The Morgan fingerprint density at radius 2 is 2.28 bits per heavy atom. The Kier molecular flexibility index (Phi) is 4.00. The van der Waals surface area contributed by atoms with Crippen molar-refractivity contribution < 1.29 is 0 Å². The van der Waals surface area contributed by atoms with E-state index < -0.39 is 6.04 Å². The van der Waals surface area contributed by atoms with Crippen molar-refractivity contribution in [2.24, 2.45) is 0 Å². The maximum Gasteiger partial charge on any atom is 0.143 e. The van der Waals surface area contributed by atoms with E-state index in [1.165, 1.54) is 0 Å². The van der Waals surface area contributed by atoms with Crippen LogP contribution in [0.25, 0.3) is 0 Å². The molecule has 4 nitrogen and oxygen atoms in total. The predicted octanol–water partition coefficient (Wildman–Crippen LogP) is 3.34. The zero-order chi connectivity index (χ0) is 13.0. The van der Waals surface area contributed by atoms with Gasteiger partial charge in [-0.05, 0) is 35.0 Å². The average molecular weight is 305 g/mol. The van der Waals surface area contributed by atoms with Crippen LogP contribution in [0.4, 0.5) is 5.69 Å². The van der Waals surface area contributed by atoms with E-state index in [-0.39, 0.29) is 0 Å². The quantitative estimate of drug-likeness (QED) is 0.942. The van der Waals surface area contributed by atoms with Crippen LogP contribution < -0.4 is 5.32 Å². The molecule has 1 atom stereocenters. The number of rotatable bonds is 4. The number of nitrogens with one attached hydrogen (secondary N) is 1. The summed E-state index contributed by atoms with van der Waals surface area (Å²) in [5.41, 5.74) is 1.77. The predicted molar refractivity (Wildman–Crippen MR) is 74.0 cm³/mol. The summed E-state index contributed by atoms with van der Waals surface area (Å²) in [7, 11) is 0. The maximum absolute atomic E-state index is 9.25. The number of benzene rings is 1. The van der Waals surface area contributed by atoms with Crippen LogP contribution in [-0.2, 0) is 6.54 Å². The normalized spacial score (nSPS) is 11.8. The number of nitrogens with zero attached hydrogens (tertiary/aromatic N) is 3. The van der Waals surface area contributed by atoms with E-state index in [9.17, 15) is 5.26 Å². The molecule has 1 unspecified atom stereocenters. The Labute approximate surface area is 114 Å². The fourth-order valence-corrected chi connectivity index (χ4v) is 2.02. The fourth-order valence-electron chi connectivity index (χ4n) is 1.63. The molecule has 5 heteroatoms. The summed E-state index contributed by atoms with van der Waals surface area (Å²) >= 11 is 3.45. The van der Waals surface area contributed by atoms with Crippen LogP contribution in [-0.4, -0.2) is 9.78 Å². The molecule has 1 N–H and O–H groups in total. The molecule has 0 saturated carbocycles. The summed E-state index contributed by atoms with van der Waals surface area (Å²) in [6, 6.07) is 9.58. The monoisotopic (exact) mass is 304 g/mol. The highest BCUT2D eigenvalue weighted by molar-refractivity contribution is 9.10. The van der Waals surface area contributed by atoms with Gasteiger partial charge in [-0.25, -0.2) is 0 Å². The topological polar surface area (TPSA) is 53.6 Å². The van der Waals surface area contributed by atoms with Gasteiger partial charge in [0.15, 0.2) is 0 Å². The standard InChI is InChI=1S/C13H13BrN4/c1-2-18-9-10(8-16-18)13(7-15)17-12-6-4-3-5-11(12)14/h3-6,8-9,13,17H,2H2,1H3. The van der Waals surface area contributed by atoms with E-state index in [0.717, 1.165) is 22.3 Å². The molecule has 0 aliphatic heterocycles. The van der Waals surface area contributed by atoms with Crippen LogP contribution in [0.2, 0.25) is 0 Å². The zero-order valence-corrected chi connectivity index (χ0v) is 11.6. The molecule has 0 amide bonds. The van der Waals surface area contributed by atoms with Crippen molar-refractivity contribution in [2.75, 3.05) is 5.32 Å². The summed E-state index contributed by atoms with van der Waals surface area (Å²) in [6.45, 7) is 2.81. The van der Waals surface area contributed by atoms with Crippen molar-refractivity contribution in [3.8, 4) is 6.07 Å². The van der Waals surface area contributed by atoms with E-state index in [1.807, 2.05) is 37.4 Å². The number of anilines is 1. The number of para-hydroxylation sites is 1. The summed E-state index contributed by atoms with van der Waals surface area (Å²) in [4.78, 5) is 0.